The number of nitrogens with one attached hydrogen (secondary N) is 1. The molecule has 0 radical (unpaired) electrons. The Balaban J connectivity index is 1.57. The van der Waals surface area contributed by atoms with Crippen LogP contribution in [0, 0.1) is 20.8 Å². The Morgan fingerprint density at radius 3 is 2.70 bits per heavy atom. The zero-order valence-corrected chi connectivity index (χ0v) is 16.0. The normalized spacial score (nSPS) is 17.3. The third kappa shape index (κ3) is 3.39. The van der Waals surface area contributed by atoms with E-state index < -0.39 is 0 Å². The fourth-order valence-corrected chi connectivity index (χ4v) is 3.84. The van der Waals surface area contributed by atoms with Crippen molar-refractivity contribution in [1.82, 2.24) is 20.1 Å². The molecule has 1 aromatic carbocycles. The van der Waals surface area contributed by atoms with E-state index in [0.29, 0.717) is 23.9 Å². The highest BCUT2D eigenvalue weighted by Gasteiger charge is 2.30. The molecule has 1 saturated heterocycles. The number of benzene rings is 1. The Hall–Kier alpha value is -2.89. The monoisotopic (exact) mass is 364 g/mol. The van der Waals surface area contributed by atoms with Crippen LogP contribution in [0.15, 0.2) is 34.9 Å². The highest BCUT2D eigenvalue weighted by Crippen LogP contribution is 2.33. The molecule has 140 valence electrons. The van der Waals surface area contributed by atoms with E-state index in [1.807, 2.05) is 18.0 Å². The van der Waals surface area contributed by atoms with Gasteiger partial charge in [-0.2, -0.15) is 5.10 Å². The molecular weight excluding hydrogens is 340 g/mol. The van der Waals surface area contributed by atoms with Crippen molar-refractivity contribution in [2.45, 2.75) is 39.5 Å². The van der Waals surface area contributed by atoms with Gasteiger partial charge in [-0.1, -0.05) is 29.8 Å². The smallest absolute Gasteiger partial charge is 0.291 e. The largest absolute Gasteiger partial charge is 0.436 e. The summed E-state index contributed by atoms with van der Waals surface area (Å²) in [7, 11) is 0. The second-order valence-electron chi connectivity index (χ2n) is 7.30. The number of likely N-dealkylation sites (tertiary alicyclic amines) is 1. The number of piperidine rings is 1. The van der Waals surface area contributed by atoms with Gasteiger partial charge in [0, 0.05) is 37.2 Å². The predicted octanol–water partition coefficient (Wildman–Crippen LogP) is 4.01. The van der Waals surface area contributed by atoms with Crippen LogP contribution in [0.1, 0.15) is 52.2 Å². The van der Waals surface area contributed by atoms with Crippen LogP contribution < -0.4 is 0 Å². The maximum Gasteiger partial charge on any atom is 0.291 e. The molecule has 4 rings (SSSR count). The lowest BCUT2D eigenvalue weighted by atomic mass is 9.90. The van der Waals surface area contributed by atoms with Gasteiger partial charge < -0.3 is 9.32 Å². The molecule has 3 aromatic rings. The minimum absolute atomic E-state index is 0.0748. The van der Waals surface area contributed by atoms with Gasteiger partial charge in [0.15, 0.2) is 5.89 Å². The molecule has 2 aromatic heterocycles. The molecule has 1 aliphatic heterocycles. The van der Waals surface area contributed by atoms with E-state index in [2.05, 4.69) is 46.4 Å². The molecule has 6 nitrogen and oxygen atoms in total. The maximum absolute atomic E-state index is 12.9. The molecule has 1 aliphatic rings. The number of hydrogen-bond donors (Lipinski definition) is 1. The van der Waals surface area contributed by atoms with Crippen LogP contribution in [0.25, 0.3) is 11.1 Å². The lowest BCUT2D eigenvalue weighted by Crippen LogP contribution is -2.39. The summed E-state index contributed by atoms with van der Waals surface area (Å²) in [6, 6.07) is 8.46. The van der Waals surface area contributed by atoms with E-state index in [-0.39, 0.29) is 11.8 Å². The van der Waals surface area contributed by atoms with Crippen molar-refractivity contribution in [2.75, 3.05) is 13.1 Å². The molecular formula is C21H24N4O2. The Kier molecular flexibility index (Phi) is 4.56. The van der Waals surface area contributed by atoms with Crippen molar-refractivity contribution in [3.8, 4) is 11.1 Å². The summed E-state index contributed by atoms with van der Waals surface area (Å²) in [6.45, 7) is 7.05. The molecule has 1 atom stereocenters. The number of rotatable bonds is 3. The van der Waals surface area contributed by atoms with E-state index >= 15 is 0 Å². The predicted molar refractivity (Wildman–Crippen MR) is 103 cm³/mol. The number of hydrogen-bond acceptors (Lipinski definition) is 4. The maximum atomic E-state index is 12.9. The lowest BCUT2D eigenvalue weighted by Gasteiger charge is -2.32. The molecule has 1 fully saturated rings. The van der Waals surface area contributed by atoms with E-state index in [4.69, 9.17) is 4.42 Å². The fourth-order valence-electron chi connectivity index (χ4n) is 3.84. The van der Waals surface area contributed by atoms with E-state index in [1.165, 1.54) is 5.56 Å². The van der Waals surface area contributed by atoms with Crippen LogP contribution in [-0.4, -0.2) is 39.1 Å². The number of aryl methyl sites for hydroxylation is 3. The zero-order chi connectivity index (χ0) is 19.0. The molecule has 0 bridgehead atoms. The number of carbonyl (C=O) groups is 1. The number of aromatic amines is 1. The number of amides is 1. The molecule has 0 spiro atoms. The first kappa shape index (κ1) is 17.5. The van der Waals surface area contributed by atoms with Crippen LogP contribution in [0.4, 0.5) is 0 Å². The highest BCUT2D eigenvalue weighted by molar-refractivity contribution is 5.92. The van der Waals surface area contributed by atoms with Gasteiger partial charge in [-0.3, -0.25) is 9.89 Å². The summed E-state index contributed by atoms with van der Waals surface area (Å²) in [5, 5.41) is 7.46. The van der Waals surface area contributed by atoms with Gasteiger partial charge >= 0.3 is 0 Å². The van der Waals surface area contributed by atoms with Crippen molar-refractivity contribution in [3.05, 3.63) is 59.1 Å². The molecule has 6 heteroatoms. The van der Waals surface area contributed by atoms with E-state index in [0.717, 1.165) is 36.2 Å². The lowest BCUT2D eigenvalue weighted by molar-refractivity contribution is 0.0671. The molecule has 27 heavy (non-hydrogen) atoms. The van der Waals surface area contributed by atoms with Crippen LogP contribution in [0.3, 0.4) is 0 Å². The average molecular weight is 364 g/mol. The minimum Gasteiger partial charge on any atom is -0.436 e. The Morgan fingerprint density at radius 2 is 2.00 bits per heavy atom. The first-order valence-electron chi connectivity index (χ1n) is 9.36. The molecule has 0 saturated carbocycles. The summed E-state index contributed by atoms with van der Waals surface area (Å²) >= 11 is 0. The van der Waals surface area contributed by atoms with Crippen molar-refractivity contribution >= 4 is 5.91 Å². The van der Waals surface area contributed by atoms with E-state index in [1.54, 1.807) is 6.92 Å². The first-order chi connectivity index (χ1) is 13.0. The average Bonchev–Trinajstić information content (AvgIpc) is 3.28. The van der Waals surface area contributed by atoms with Gasteiger partial charge in [0.05, 0.1) is 11.9 Å². The van der Waals surface area contributed by atoms with Gasteiger partial charge in [0.2, 0.25) is 5.76 Å². The molecule has 3 heterocycles. The van der Waals surface area contributed by atoms with Gasteiger partial charge in [0.1, 0.15) is 0 Å². The number of nitrogens with zero attached hydrogens (tertiary/aromatic N) is 3. The highest BCUT2D eigenvalue weighted by atomic mass is 16.4. The van der Waals surface area contributed by atoms with Crippen LogP contribution >= 0.6 is 0 Å². The van der Waals surface area contributed by atoms with E-state index in [9.17, 15) is 4.79 Å². The third-order valence-corrected chi connectivity index (χ3v) is 5.25. The number of carbonyl (C=O) groups excluding carboxylic acids is 1. The molecule has 0 unspecified atom stereocenters. The van der Waals surface area contributed by atoms with Crippen molar-refractivity contribution < 1.29 is 9.21 Å². The SMILES string of the molecule is Cc1ccc(-c2cn[nH]c2[C@H]2CCCN(C(=O)c3oc(C)nc3C)C2)cc1. The topological polar surface area (TPSA) is 75.0 Å². The van der Waals surface area contributed by atoms with Gasteiger partial charge in [-0.05, 0) is 32.3 Å². The summed E-state index contributed by atoms with van der Waals surface area (Å²) in [4.78, 5) is 19.0. The first-order valence-corrected chi connectivity index (χ1v) is 9.36. The summed E-state index contributed by atoms with van der Waals surface area (Å²) in [5.74, 6) is 1.04. The van der Waals surface area contributed by atoms with Gasteiger partial charge in [-0.25, -0.2) is 4.98 Å². The Bertz CT molecular complexity index is 955. The third-order valence-electron chi connectivity index (χ3n) is 5.25. The van der Waals surface area contributed by atoms with Crippen LogP contribution in [0.2, 0.25) is 0 Å². The second-order valence-corrected chi connectivity index (χ2v) is 7.30. The fraction of sp³-hybridized carbons (Fsp3) is 0.381. The molecule has 1 amide bonds. The number of oxazole rings is 1. The number of H-pyrrole nitrogens is 1. The van der Waals surface area contributed by atoms with Crippen molar-refractivity contribution in [2.24, 2.45) is 0 Å². The standard InChI is InChI=1S/C21H24N4O2/c1-13-6-8-16(9-7-13)18-11-22-24-19(18)17-5-4-10-25(12-17)21(26)20-14(2)23-15(3)27-20/h6-9,11,17H,4-5,10,12H2,1-3H3,(H,22,24)/t17-/m0/s1. The summed E-state index contributed by atoms with van der Waals surface area (Å²) < 4.78 is 5.54. The quantitative estimate of drug-likeness (QED) is 0.762. The van der Waals surface area contributed by atoms with Crippen molar-refractivity contribution in [3.63, 3.8) is 0 Å². The zero-order valence-electron chi connectivity index (χ0n) is 16.0. The van der Waals surface area contributed by atoms with Gasteiger partial charge in [-0.15, -0.1) is 0 Å². The molecule has 0 aliphatic carbocycles. The van der Waals surface area contributed by atoms with Crippen LogP contribution in [-0.2, 0) is 0 Å². The summed E-state index contributed by atoms with van der Waals surface area (Å²) in [5.41, 5.74) is 5.25. The number of aromatic nitrogens is 3. The second kappa shape index (κ2) is 7.02. The summed E-state index contributed by atoms with van der Waals surface area (Å²) in [6.07, 6.45) is 3.86. The van der Waals surface area contributed by atoms with Gasteiger partial charge in [0.25, 0.3) is 5.91 Å². The Labute approximate surface area is 158 Å². The van der Waals surface area contributed by atoms with Crippen LogP contribution in [0.5, 0.6) is 0 Å². The minimum atomic E-state index is -0.0748. The molecule has 1 N–H and O–H groups in total. The van der Waals surface area contributed by atoms with Crippen molar-refractivity contribution in [1.29, 1.82) is 0 Å². The Morgan fingerprint density at radius 1 is 1.22 bits per heavy atom.